The molecule has 1 amide bonds. The Morgan fingerprint density at radius 1 is 1.20 bits per heavy atom. The molecule has 1 fully saturated rings. The number of halogens is 1. The lowest BCUT2D eigenvalue weighted by Crippen LogP contribution is -2.48. The van der Waals surface area contributed by atoms with E-state index in [1.807, 2.05) is 61.4 Å². The van der Waals surface area contributed by atoms with Gasteiger partial charge >= 0.3 is 5.97 Å². The number of methoxy groups -OCH3 is 1. The van der Waals surface area contributed by atoms with Crippen LogP contribution in [0.15, 0.2) is 60.3 Å². The van der Waals surface area contributed by atoms with Crippen LogP contribution in [0.3, 0.4) is 0 Å². The number of hydrogen-bond donors (Lipinski definition) is 1. The van der Waals surface area contributed by atoms with E-state index in [4.69, 9.17) is 26.2 Å². The Labute approximate surface area is 241 Å². The molecular formula is C32H39ClN2O5. The number of likely N-dealkylation sites (tertiary alicyclic amines) is 1. The third-order valence-corrected chi connectivity index (χ3v) is 9.09. The number of carbonyl (C=O) groups is 2. The van der Waals surface area contributed by atoms with Crippen LogP contribution in [0.5, 0.6) is 0 Å². The summed E-state index contributed by atoms with van der Waals surface area (Å²) in [4.78, 5) is 27.1. The molecule has 1 N–H and O–H groups in total. The van der Waals surface area contributed by atoms with Crippen LogP contribution in [0.2, 0.25) is 5.02 Å². The van der Waals surface area contributed by atoms with E-state index in [2.05, 4.69) is 23.6 Å². The van der Waals surface area contributed by atoms with Gasteiger partial charge in [0.25, 0.3) is 0 Å². The Morgan fingerprint density at radius 2 is 1.95 bits per heavy atom. The summed E-state index contributed by atoms with van der Waals surface area (Å²) in [6, 6.07) is 9.91. The van der Waals surface area contributed by atoms with Crippen LogP contribution in [0.4, 0.5) is 0 Å². The lowest BCUT2D eigenvalue weighted by atomic mass is 9.80. The fourth-order valence-corrected chi connectivity index (χ4v) is 6.82. The molecule has 2 aromatic rings. The molecule has 1 aliphatic carbocycles. The molecule has 0 radical (unpaired) electrons. The van der Waals surface area contributed by atoms with Gasteiger partial charge in [0, 0.05) is 49.3 Å². The second-order valence-electron chi connectivity index (χ2n) is 11.9. The highest BCUT2D eigenvalue weighted by molar-refractivity contribution is 6.30. The second kappa shape index (κ2) is 11.6. The van der Waals surface area contributed by atoms with Gasteiger partial charge < -0.3 is 24.0 Å². The van der Waals surface area contributed by atoms with Crippen molar-refractivity contribution in [2.24, 2.45) is 17.3 Å². The maximum absolute atomic E-state index is 14.2. The standard InChI is InChI=1S/C32H39ClN2O5/c1-20-7-5-8-23(28(20)39-4)29-24-19-22(33)11-12-25(24)35-16-6-9-26(35)30(40-29)32(2,3)31(38)34-17-14-21(15-18-34)10-13-27(36)37/h5-9,11-12,16,19,21,23,28-30H,10,13-15,17-18H2,1-4H3,(H,36,37). The molecule has 1 aromatic heterocycles. The Bertz CT molecular complexity index is 1320. The minimum absolute atomic E-state index is 0.0447. The SMILES string of the molecule is COC1C(C)=CC=CC1C1OC(C(C)(C)C(=O)N2CCC(CCC(=O)O)CC2)c2cccn2-c2ccc(Cl)cc21. The van der Waals surface area contributed by atoms with E-state index in [1.165, 1.54) is 0 Å². The fourth-order valence-electron chi connectivity index (χ4n) is 6.64. The summed E-state index contributed by atoms with van der Waals surface area (Å²) in [7, 11) is 1.72. The quantitative estimate of drug-likeness (QED) is 0.412. The Morgan fingerprint density at radius 3 is 2.65 bits per heavy atom. The molecule has 40 heavy (non-hydrogen) atoms. The van der Waals surface area contributed by atoms with Crippen molar-refractivity contribution in [3.05, 3.63) is 76.6 Å². The number of rotatable bonds is 7. The average molecular weight is 567 g/mol. The van der Waals surface area contributed by atoms with Gasteiger partial charge in [-0.2, -0.15) is 0 Å². The number of ether oxygens (including phenoxy) is 2. The topological polar surface area (TPSA) is 81.0 Å². The maximum Gasteiger partial charge on any atom is 0.303 e. The first-order valence-corrected chi connectivity index (χ1v) is 14.5. The lowest BCUT2D eigenvalue weighted by Gasteiger charge is -2.42. The summed E-state index contributed by atoms with van der Waals surface area (Å²) < 4.78 is 15.2. The molecule has 5 rings (SSSR count). The molecule has 7 nitrogen and oxygen atoms in total. The minimum atomic E-state index is -0.875. The number of carboxylic acids is 1. The van der Waals surface area contributed by atoms with Crippen LogP contribution >= 0.6 is 11.6 Å². The summed E-state index contributed by atoms with van der Waals surface area (Å²) in [5.74, 6) is -0.503. The summed E-state index contributed by atoms with van der Waals surface area (Å²) in [5.41, 5.74) is 3.10. The van der Waals surface area contributed by atoms with Crippen molar-refractivity contribution in [2.45, 2.75) is 64.8 Å². The summed E-state index contributed by atoms with van der Waals surface area (Å²) in [6.45, 7) is 7.27. The van der Waals surface area contributed by atoms with Crippen LogP contribution in [0.25, 0.3) is 5.69 Å². The molecule has 3 aliphatic rings. The molecule has 8 heteroatoms. The zero-order chi connectivity index (χ0) is 28.6. The molecule has 0 spiro atoms. The van der Waals surface area contributed by atoms with Crippen molar-refractivity contribution < 1.29 is 24.2 Å². The van der Waals surface area contributed by atoms with E-state index in [1.54, 1.807) is 7.11 Å². The lowest BCUT2D eigenvalue weighted by molar-refractivity contribution is -0.160. The fraction of sp³-hybridized carbons (Fsp3) is 0.500. The van der Waals surface area contributed by atoms with E-state index < -0.39 is 23.6 Å². The van der Waals surface area contributed by atoms with Gasteiger partial charge in [-0.05, 0) is 81.9 Å². The Kier molecular flexibility index (Phi) is 8.27. The summed E-state index contributed by atoms with van der Waals surface area (Å²) in [6.07, 6.45) is 9.61. The van der Waals surface area contributed by atoms with Crippen molar-refractivity contribution in [3.8, 4) is 5.69 Å². The summed E-state index contributed by atoms with van der Waals surface area (Å²) >= 11 is 6.55. The zero-order valence-electron chi connectivity index (χ0n) is 23.7. The van der Waals surface area contributed by atoms with Crippen LogP contribution < -0.4 is 0 Å². The van der Waals surface area contributed by atoms with Crippen LogP contribution in [-0.2, 0) is 19.1 Å². The molecule has 0 bridgehead atoms. The Balaban J connectivity index is 1.49. The van der Waals surface area contributed by atoms with E-state index in [-0.39, 0.29) is 24.3 Å². The monoisotopic (exact) mass is 566 g/mol. The number of nitrogens with zero attached hydrogens (tertiary/aromatic N) is 2. The normalized spacial score (nSPS) is 25.1. The highest BCUT2D eigenvalue weighted by Crippen LogP contribution is 2.50. The molecule has 0 saturated carbocycles. The minimum Gasteiger partial charge on any atom is -0.481 e. The number of allylic oxidation sites excluding steroid dienone is 2. The predicted octanol–water partition coefficient (Wildman–Crippen LogP) is 6.52. The third-order valence-electron chi connectivity index (χ3n) is 8.86. The number of aromatic nitrogens is 1. The third kappa shape index (κ3) is 5.39. The number of aliphatic carboxylic acids is 1. The molecule has 4 unspecified atom stereocenters. The Hall–Kier alpha value is -2.87. The van der Waals surface area contributed by atoms with Gasteiger partial charge in [-0.3, -0.25) is 9.59 Å². The van der Waals surface area contributed by atoms with Gasteiger partial charge in [0.1, 0.15) is 6.10 Å². The number of carboxylic acid groups (broad SMARTS) is 1. The number of amides is 1. The van der Waals surface area contributed by atoms with E-state index in [0.29, 0.717) is 30.5 Å². The highest BCUT2D eigenvalue weighted by Gasteiger charge is 2.48. The van der Waals surface area contributed by atoms with Gasteiger partial charge in [-0.15, -0.1) is 0 Å². The number of fused-ring (bicyclic) bond motifs is 3. The molecule has 4 atom stereocenters. The van der Waals surface area contributed by atoms with E-state index in [0.717, 1.165) is 35.4 Å². The maximum atomic E-state index is 14.2. The van der Waals surface area contributed by atoms with E-state index in [9.17, 15) is 9.59 Å². The first kappa shape index (κ1) is 28.7. The molecule has 3 heterocycles. The molecule has 214 valence electrons. The van der Waals surface area contributed by atoms with Gasteiger partial charge in [0.15, 0.2) is 0 Å². The molecule has 1 aromatic carbocycles. The van der Waals surface area contributed by atoms with Crippen molar-refractivity contribution in [3.63, 3.8) is 0 Å². The number of carbonyl (C=O) groups excluding carboxylic acids is 1. The molecular weight excluding hydrogens is 528 g/mol. The van der Waals surface area contributed by atoms with Gasteiger partial charge in [0.05, 0.1) is 29.0 Å². The molecule has 1 saturated heterocycles. The second-order valence-corrected chi connectivity index (χ2v) is 12.3. The number of piperidine rings is 1. The van der Waals surface area contributed by atoms with Gasteiger partial charge in [-0.1, -0.05) is 29.8 Å². The largest absolute Gasteiger partial charge is 0.481 e. The van der Waals surface area contributed by atoms with Crippen LogP contribution in [-0.4, -0.2) is 52.8 Å². The van der Waals surface area contributed by atoms with Crippen molar-refractivity contribution in [1.29, 1.82) is 0 Å². The van der Waals surface area contributed by atoms with Crippen molar-refractivity contribution in [2.75, 3.05) is 20.2 Å². The number of hydrogen-bond acceptors (Lipinski definition) is 4. The van der Waals surface area contributed by atoms with Crippen LogP contribution in [0.1, 0.15) is 69.9 Å². The van der Waals surface area contributed by atoms with E-state index >= 15 is 0 Å². The van der Waals surface area contributed by atoms with Gasteiger partial charge in [0.2, 0.25) is 5.91 Å². The predicted molar refractivity (Wildman–Crippen MR) is 154 cm³/mol. The highest BCUT2D eigenvalue weighted by atomic mass is 35.5. The molecule has 2 aliphatic heterocycles. The smallest absolute Gasteiger partial charge is 0.303 e. The first-order valence-electron chi connectivity index (χ1n) is 14.1. The van der Waals surface area contributed by atoms with Crippen molar-refractivity contribution >= 4 is 23.5 Å². The number of benzene rings is 1. The van der Waals surface area contributed by atoms with Gasteiger partial charge in [-0.25, -0.2) is 0 Å². The average Bonchev–Trinajstić information content (AvgIpc) is 3.36. The first-order chi connectivity index (χ1) is 19.1. The summed E-state index contributed by atoms with van der Waals surface area (Å²) in [5, 5.41) is 9.69. The van der Waals surface area contributed by atoms with Crippen LogP contribution in [0, 0.1) is 17.3 Å². The van der Waals surface area contributed by atoms with Crippen molar-refractivity contribution in [1.82, 2.24) is 9.47 Å². The zero-order valence-corrected chi connectivity index (χ0v) is 24.4.